The number of carboxylic acid groups (broad SMARTS) is 1. The molecule has 2 rings (SSSR count). The van der Waals surface area contributed by atoms with Crippen LogP contribution in [0.1, 0.15) is 23.2 Å². The Morgan fingerprint density at radius 3 is 2.56 bits per heavy atom. The predicted molar refractivity (Wildman–Crippen MR) is 97.5 cm³/mol. The van der Waals surface area contributed by atoms with Crippen molar-refractivity contribution in [2.45, 2.75) is 38.5 Å². The standard InChI is InChI=1S/C18H22N4O5/c1-9-5-11(8-23)12-4-2-3-10(16(12)21-9)6-14(18(26)27)22-17(25)13(19)7-15(20)24/h2-5,13-14,23H,6-8,19H2,1H3,(H2,20,24)(H,22,25)(H,26,27)/t13-,14-/m0/s1. The van der Waals surface area contributed by atoms with Crippen LogP contribution in [0.4, 0.5) is 0 Å². The second-order valence-corrected chi connectivity index (χ2v) is 6.27. The number of aryl methyl sites for hydroxylation is 1. The molecule has 7 N–H and O–H groups in total. The van der Waals surface area contributed by atoms with E-state index in [4.69, 9.17) is 11.5 Å². The number of nitrogens with two attached hydrogens (primary N) is 2. The number of rotatable bonds is 8. The van der Waals surface area contributed by atoms with Gasteiger partial charge in [-0.2, -0.15) is 0 Å². The normalized spacial score (nSPS) is 13.1. The van der Waals surface area contributed by atoms with Gasteiger partial charge in [0.15, 0.2) is 0 Å². The predicted octanol–water partition coefficient (Wildman–Crippen LogP) is -0.650. The topological polar surface area (TPSA) is 169 Å². The molecule has 0 fully saturated rings. The van der Waals surface area contributed by atoms with Gasteiger partial charge in [-0.05, 0) is 24.1 Å². The number of aromatic nitrogens is 1. The molecule has 0 aliphatic heterocycles. The van der Waals surface area contributed by atoms with Gasteiger partial charge in [0.05, 0.1) is 24.6 Å². The molecule has 0 aliphatic rings. The quantitative estimate of drug-likeness (QED) is 0.409. The average Bonchev–Trinajstić information content (AvgIpc) is 2.59. The van der Waals surface area contributed by atoms with Crippen molar-refractivity contribution in [2.75, 3.05) is 0 Å². The van der Waals surface area contributed by atoms with Crippen molar-refractivity contribution >= 4 is 28.7 Å². The summed E-state index contributed by atoms with van der Waals surface area (Å²) >= 11 is 0. The van der Waals surface area contributed by atoms with Crippen LogP contribution in [0.15, 0.2) is 24.3 Å². The number of aliphatic hydroxyl groups excluding tert-OH is 1. The number of nitrogens with zero attached hydrogens (tertiary/aromatic N) is 1. The summed E-state index contributed by atoms with van der Waals surface area (Å²) in [6, 6.07) is 4.49. The fraction of sp³-hybridized carbons (Fsp3) is 0.333. The van der Waals surface area contributed by atoms with Crippen molar-refractivity contribution in [1.82, 2.24) is 10.3 Å². The van der Waals surface area contributed by atoms with Gasteiger partial charge in [0, 0.05) is 17.5 Å². The van der Waals surface area contributed by atoms with Crippen LogP contribution in [0.3, 0.4) is 0 Å². The minimum atomic E-state index is -1.26. The minimum Gasteiger partial charge on any atom is -0.480 e. The number of carbonyl (C=O) groups excluding carboxylic acids is 2. The lowest BCUT2D eigenvalue weighted by atomic mass is 9.99. The Bertz CT molecular complexity index is 883. The molecule has 2 atom stereocenters. The Labute approximate surface area is 155 Å². The Hall–Kier alpha value is -3.04. The highest BCUT2D eigenvalue weighted by molar-refractivity contribution is 5.91. The first-order valence-corrected chi connectivity index (χ1v) is 8.29. The lowest BCUT2D eigenvalue weighted by molar-refractivity contribution is -0.142. The van der Waals surface area contributed by atoms with Crippen molar-refractivity contribution in [1.29, 1.82) is 0 Å². The van der Waals surface area contributed by atoms with E-state index in [2.05, 4.69) is 10.3 Å². The van der Waals surface area contributed by atoms with E-state index >= 15 is 0 Å². The summed E-state index contributed by atoms with van der Waals surface area (Å²) in [5.41, 5.74) is 13.1. The summed E-state index contributed by atoms with van der Waals surface area (Å²) in [6.07, 6.45) is -0.421. The van der Waals surface area contributed by atoms with Crippen molar-refractivity contribution in [3.05, 3.63) is 41.1 Å². The largest absolute Gasteiger partial charge is 0.480 e. The number of nitrogens with one attached hydrogen (secondary N) is 1. The average molecular weight is 374 g/mol. The molecule has 0 spiro atoms. The highest BCUT2D eigenvalue weighted by Crippen LogP contribution is 2.23. The highest BCUT2D eigenvalue weighted by Gasteiger charge is 2.25. The molecule has 27 heavy (non-hydrogen) atoms. The number of fused-ring (bicyclic) bond motifs is 1. The fourth-order valence-electron chi connectivity index (χ4n) is 2.82. The second kappa shape index (κ2) is 8.56. The van der Waals surface area contributed by atoms with Gasteiger partial charge in [0.1, 0.15) is 6.04 Å². The van der Waals surface area contributed by atoms with Gasteiger partial charge in [-0.3, -0.25) is 14.6 Å². The smallest absolute Gasteiger partial charge is 0.326 e. The lowest BCUT2D eigenvalue weighted by Crippen LogP contribution is -2.50. The van der Waals surface area contributed by atoms with E-state index in [1.165, 1.54) is 0 Å². The molecule has 9 nitrogen and oxygen atoms in total. The second-order valence-electron chi connectivity index (χ2n) is 6.27. The Kier molecular flexibility index (Phi) is 6.43. The van der Waals surface area contributed by atoms with Gasteiger partial charge in [-0.1, -0.05) is 18.2 Å². The van der Waals surface area contributed by atoms with E-state index in [9.17, 15) is 24.6 Å². The summed E-state index contributed by atoms with van der Waals surface area (Å²) in [5, 5.41) is 22.0. The first-order chi connectivity index (χ1) is 12.7. The molecule has 0 saturated carbocycles. The number of pyridine rings is 1. The number of primary amides is 1. The third kappa shape index (κ3) is 4.99. The van der Waals surface area contributed by atoms with Crippen LogP contribution in [0, 0.1) is 6.92 Å². The van der Waals surface area contributed by atoms with Crippen LogP contribution >= 0.6 is 0 Å². The minimum absolute atomic E-state index is 0.0387. The molecule has 1 aromatic carbocycles. The van der Waals surface area contributed by atoms with Gasteiger partial charge in [0.2, 0.25) is 11.8 Å². The van der Waals surface area contributed by atoms with E-state index < -0.39 is 29.9 Å². The fourth-order valence-corrected chi connectivity index (χ4v) is 2.82. The zero-order valence-electron chi connectivity index (χ0n) is 14.8. The Morgan fingerprint density at radius 1 is 1.26 bits per heavy atom. The van der Waals surface area contributed by atoms with Crippen LogP contribution in [-0.2, 0) is 27.4 Å². The number of hydrogen-bond acceptors (Lipinski definition) is 6. The number of para-hydroxylation sites is 1. The summed E-state index contributed by atoms with van der Waals surface area (Å²) in [6.45, 7) is 1.60. The number of amides is 2. The van der Waals surface area contributed by atoms with Crippen molar-refractivity contribution < 1.29 is 24.6 Å². The van der Waals surface area contributed by atoms with Gasteiger partial charge in [0.25, 0.3) is 0 Å². The molecule has 0 unspecified atom stereocenters. The molecule has 9 heteroatoms. The van der Waals surface area contributed by atoms with Gasteiger partial charge in [-0.15, -0.1) is 0 Å². The zero-order chi connectivity index (χ0) is 20.1. The van der Waals surface area contributed by atoms with Gasteiger partial charge in [-0.25, -0.2) is 4.79 Å². The van der Waals surface area contributed by atoms with E-state index in [0.717, 1.165) is 0 Å². The lowest BCUT2D eigenvalue weighted by Gasteiger charge is -2.18. The summed E-state index contributed by atoms with van der Waals surface area (Å²) < 4.78 is 0. The van der Waals surface area contributed by atoms with Crippen molar-refractivity contribution in [3.8, 4) is 0 Å². The SMILES string of the molecule is Cc1cc(CO)c2cccc(C[C@H](NC(=O)[C@@H](N)CC(N)=O)C(=O)O)c2n1. The molecule has 0 radical (unpaired) electrons. The molecule has 0 aliphatic carbocycles. The van der Waals surface area contributed by atoms with E-state index in [1.807, 2.05) is 0 Å². The number of aliphatic carboxylic acids is 1. The van der Waals surface area contributed by atoms with Crippen molar-refractivity contribution in [3.63, 3.8) is 0 Å². The molecule has 0 bridgehead atoms. The van der Waals surface area contributed by atoms with Crippen LogP contribution < -0.4 is 16.8 Å². The first-order valence-electron chi connectivity index (χ1n) is 8.29. The maximum atomic E-state index is 12.0. The molecule has 1 aromatic heterocycles. The summed E-state index contributed by atoms with van der Waals surface area (Å²) in [4.78, 5) is 39.0. The summed E-state index contributed by atoms with van der Waals surface area (Å²) in [7, 11) is 0. The maximum absolute atomic E-state index is 12.0. The highest BCUT2D eigenvalue weighted by atomic mass is 16.4. The molecule has 0 saturated heterocycles. The number of carboxylic acids is 1. The Morgan fingerprint density at radius 2 is 1.96 bits per heavy atom. The monoisotopic (exact) mass is 374 g/mol. The van der Waals surface area contributed by atoms with Crippen LogP contribution in [0.25, 0.3) is 10.9 Å². The van der Waals surface area contributed by atoms with Gasteiger partial charge < -0.3 is 27.0 Å². The number of carbonyl (C=O) groups is 3. The number of aliphatic hydroxyl groups is 1. The van der Waals surface area contributed by atoms with Crippen LogP contribution in [0.5, 0.6) is 0 Å². The van der Waals surface area contributed by atoms with E-state index in [-0.39, 0.29) is 19.4 Å². The molecular weight excluding hydrogens is 352 g/mol. The summed E-state index contributed by atoms with van der Waals surface area (Å²) in [5.74, 6) is -2.78. The molecule has 2 amide bonds. The Balaban J connectivity index is 2.31. The first kappa shape index (κ1) is 20.3. The third-order valence-corrected chi connectivity index (χ3v) is 4.10. The van der Waals surface area contributed by atoms with Crippen LogP contribution in [-0.4, -0.2) is 45.1 Å². The molecular formula is C18H22N4O5. The molecule has 144 valence electrons. The van der Waals surface area contributed by atoms with Gasteiger partial charge >= 0.3 is 5.97 Å². The van der Waals surface area contributed by atoms with Crippen molar-refractivity contribution in [2.24, 2.45) is 11.5 Å². The van der Waals surface area contributed by atoms with Crippen LogP contribution in [0.2, 0.25) is 0 Å². The molecule has 1 heterocycles. The molecule has 2 aromatic rings. The van der Waals surface area contributed by atoms with E-state index in [1.54, 1.807) is 31.2 Å². The third-order valence-electron chi connectivity index (χ3n) is 4.10. The maximum Gasteiger partial charge on any atom is 0.326 e. The number of hydrogen-bond donors (Lipinski definition) is 5. The van der Waals surface area contributed by atoms with E-state index in [0.29, 0.717) is 27.7 Å². The number of benzene rings is 1. The zero-order valence-corrected chi connectivity index (χ0v) is 14.8.